The number of benzene rings is 1. The normalized spacial score (nSPS) is 16.6. The van der Waals surface area contributed by atoms with E-state index in [0.717, 1.165) is 40.6 Å². The van der Waals surface area contributed by atoms with Gasteiger partial charge in [0, 0.05) is 39.6 Å². The van der Waals surface area contributed by atoms with Crippen LogP contribution in [0.15, 0.2) is 67.0 Å². The van der Waals surface area contributed by atoms with E-state index in [2.05, 4.69) is 15.3 Å². The first kappa shape index (κ1) is 41.6. The van der Waals surface area contributed by atoms with Crippen molar-refractivity contribution in [3.63, 3.8) is 0 Å². The van der Waals surface area contributed by atoms with Crippen molar-refractivity contribution in [1.29, 1.82) is 0 Å². The van der Waals surface area contributed by atoms with Gasteiger partial charge >= 0.3 is 24.5 Å². The monoisotopic (exact) mass is 721 g/mol. The van der Waals surface area contributed by atoms with E-state index in [1.165, 1.54) is 14.0 Å². The number of methoxy groups -OCH3 is 3. The average molecular weight is 722 g/mol. The number of alkyl halides is 6. The lowest BCUT2D eigenvalue weighted by Gasteiger charge is -2.19. The molecule has 0 bridgehead atoms. The Bertz CT molecular complexity index is 1500. The fraction of sp³-hybridized carbons (Fsp3) is 0.419. The van der Waals surface area contributed by atoms with Crippen LogP contribution >= 0.6 is 0 Å². The van der Waals surface area contributed by atoms with E-state index in [1.54, 1.807) is 51.7 Å². The summed E-state index contributed by atoms with van der Waals surface area (Å²) < 4.78 is 95.2. The number of hydroxylamine groups is 2. The van der Waals surface area contributed by atoms with Gasteiger partial charge in [-0.1, -0.05) is 25.1 Å². The predicted octanol–water partition coefficient (Wildman–Crippen LogP) is 6.21. The minimum Gasteiger partial charge on any atom is -0.410 e. The smallest absolute Gasteiger partial charge is 0.410 e. The van der Waals surface area contributed by atoms with Crippen LogP contribution in [-0.2, 0) is 31.4 Å². The van der Waals surface area contributed by atoms with Gasteiger partial charge in [0.25, 0.3) is 0 Å². The largest absolute Gasteiger partial charge is 0.418 e. The molecule has 1 aromatic carbocycles. The Morgan fingerprint density at radius 2 is 1.48 bits per heavy atom. The van der Waals surface area contributed by atoms with Crippen LogP contribution in [0.25, 0.3) is 0 Å². The highest BCUT2D eigenvalue weighted by molar-refractivity contribution is 5.93. The van der Waals surface area contributed by atoms with Crippen LogP contribution in [0.4, 0.5) is 47.6 Å². The van der Waals surface area contributed by atoms with E-state index >= 15 is 0 Å². The molecule has 3 unspecified atom stereocenters. The maximum atomic E-state index is 12.6. The first-order valence-electron chi connectivity index (χ1n) is 14.5. The zero-order valence-corrected chi connectivity index (χ0v) is 27.7. The third kappa shape index (κ3) is 12.1. The van der Waals surface area contributed by atoms with Gasteiger partial charge in [0.1, 0.15) is 23.4 Å². The van der Waals surface area contributed by atoms with Crippen LogP contribution in [-0.4, -0.2) is 85.9 Å². The van der Waals surface area contributed by atoms with E-state index in [4.69, 9.17) is 23.8 Å². The molecule has 0 saturated carbocycles. The van der Waals surface area contributed by atoms with Gasteiger partial charge in [0.2, 0.25) is 0 Å². The van der Waals surface area contributed by atoms with Crippen molar-refractivity contribution in [2.45, 2.75) is 44.8 Å². The van der Waals surface area contributed by atoms with Crippen molar-refractivity contribution >= 4 is 23.8 Å². The van der Waals surface area contributed by atoms with Gasteiger partial charge in [-0.2, -0.15) is 31.4 Å². The average Bonchev–Trinajstić information content (AvgIpc) is 3.28. The van der Waals surface area contributed by atoms with E-state index in [1.807, 2.05) is 6.92 Å². The van der Waals surface area contributed by atoms with Gasteiger partial charge in [0.15, 0.2) is 12.5 Å². The number of pyridine rings is 2. The molecule has 13 nitrogen and oxygen atoms in total. The third-order valence-electron chi connectivity index (χ3n) is 6.61. The number of para-hydroxylation sites is 1. The molecule has 19 heteroatoms. The maximum absolute atomic E-state index is 12.6. The number of carbonyl (C=O) groups is 2. The molecular weight excluding hydrogens is 684 g/mol. The van der Waals surface area contributed by atoms with Gasteiger partial charge in [0.05, 0.1) is 24.8 Å². The number of aliphatic hydroxyl groups excluding tert-OH is 1. The minimum absolute atomic E-state index is 0.153. The lowest BCUT2D eigenvalue weighted by molar-refractivity contribution is -0.143. The van der Waals surface area contributed by atoms with E-state index in [9.17, 15) is 41.0 Å². The molecule has 0 spiro atoms. The number of aliphatic hydroxyl groups is 1. The van der Waals surface area contributed by atoms with Crippen LogP contribution in [0.2, 0.25) is 0 Å². The van der Waals surface area contributed by atoms with Gasteiger partial charge in [-0.05, 0) is 43.3 Å². The number of urea groups is 1. The first-order chi connectivity index (χ1) is 23.5. The minimum atomic E-state index is -4.56. The molecule has 1 saturated heterocycles. The molecule has 0 radical (unpaired) electrons. The summed E-state index contributed by atoms with van der Waals surface area (Å²) in [5, 5.41) is 12.9. The van der Waals surface area contributed by atoms with Crippen LogP contribution in [0.3, 0.4) is 0 Å². The second kappa shape index (κ2) is 19.0. The zero-order chi connectivity index (χ0) is 37.6. The highest BCUT2D eigenvalue weighted by Gasteiger charge is 2.45. The topological polar surface area (TPSA) is 145 Å². The molecule has 1 aliphatic rings. The molecule has 3 amide bonds. The lowest BCUT2D eigenvalue weighted by Crippen LogP contribution is -2.36. The molecule has 3 aromatic rings. The summed E-state index contributed by atoms with van der Waals surface area (Å²) in [7, 11) is 6.14. The fourth-order valence-electron chi connectivity index (χ4n) is 4.24. The summed E-state index contributed by atoms with van der Waals surface area (Å²) in [5.74, 6) is 0.0291. The van der Waals surface area contributed by atoms with Gasteiger partial charge in [-0.3, -0.25) is 10.2 Å². The molecular formula is C31H37F6N5O8. The third-order valence-corrected chi connectivity index (χ3v) is 6.61. The number of amides is 3. The Hall–Kier alpha value is -4.56. The Balaban J connectivity index is 0.000000276. The highest BCUT2D eigenvalue weighted by atomic mass is 19.4. The van der Waals surface area contributed by atoms with Crippen molar-refractivity contribution in [2.75, 3.05) is 45.3 Å². The van der Waals surface area contributed by atoms with Gasteiger partial charge in [-0.15, -0.1) is 0 Å². The number of anilines is 2. The summed E-state index contributed by atoms with van der Waals surface area (Å²) in [6, 6.07) is 9.65. The number of rotatable bonds is 9. The number of halogens is 6. The number of hydrogen-bond donors (Lipinski definition) is 2. The van der Waals surface area contributed by atoms with E-state index in [0.29, 0.717) is 12.7 Å². The second-order valence-electron chi connectivity index (χ2n) is 10.2. The summed E-state index contributed by atoms with van der Waals surface area (Å²) in [4.78, 5) is 36.3. The lowest BCUT2D eigenvalue weighted by atomic mass is 10.2. The van der Waals surface area contributed by atoms with Crippen LogP contribution in [0, 0.1) is 5.92 Å². The van der Waals surface area contributed by atoms with E-state index < -0.39 is 47.9 Å². The standard InChI is InChI=1S/C13H9F3N2O2.C11H12F3N3O3.C7H16O3/c14-13(15,16)9-6-7-17-11(8-9)18-12(19)20-10-4-2-1-3-5-10;1-6-9(18)16(10(19)17(6)20-2)8-5-7(3-4-15-8)11(12,13)14;1-6(5-8-2)7(9-3)10-4/h1-8H,(H,17,18,19);3-6,9,18H,1-2H3;6-7H,5H2,1-4H3. The molecule has 0 aliphatic carbocycles. The Labute approximate surface area is 283 Å². The summed E-state index contributed by atoms with van der Waals surface area (Å²) in [6.07, 6.45) is -9.58. The van der Waals surface area contributed by atoms with Crippen molar-refractivity contribution in [3.8, 4) is 5.75 Å². The fourth-order valence-corrected chi connectivity index (χ4v) is 4.24. The number of hydrogen-bond acceptors (Lipinski definition) is 10. The first-order valence-corrected chi connectivity index (χ1v) is 14.5. The highest BCUT2D eigenvalue weighted by Crippen LogP contribution is 2.33. The number of ether oxygens (including phenoxy) is 4. The molecule has 50 heavy (non-hydrogen) atoms. The number of nitrogens with one attached hydrogen (secondary N) is 1. The number of carbonyl (C=O) groups excluding carboxylic acids is 2. The van der Waals surface area contributed by atoms with E-state index in [-0.39, 0.29) is 29.6 Å². The van der Waals surface area contributed by atoms with Crippen molar-refractivity contribution in [2.24, 2.45) is 5.92 Å². The predicted molar refractivity (Wildman–Crippen MR) is 166 cm³/mol. The summed E-state index contributed by atoms with van der Waals surface area (Å²) >= 11 is 0. The second-order valence-corrected chi connectivity index (χ2v) is 10.2. The zero-order valence-electron chi connectivity index (χ0n) is 27.7. The molecule has 276 valence electrons. The summed E-state index contributed by atoms with van der Waals surface area (Å²) in [5.41, 5.74) is -1.85. The SMILES string of the molecule is COCC(C)C(OC)OC.CON1C(=O)N(c2cc(C(F)(F)F)ccn2)C(O)C1C.O=C(Nc1cc(C(F)(F)F)ccn1)Oc1ccccc1. The molecule has 4 rings (SSSR count). The summed E-state index contributed by atoms with van der Waals surface area (Å²) in [6.45, 7) is 4.17. The van der Waals surface area contributed by atoms with Crippen molar-refractivity contribution in [3.05, 3.63) is 78.1 Å². The molecule has 3 heterocycles. The van der Waals surface area contributed by atoms with Gasteiger partial charge in [-0.25, -0.2) is 24.5 Å². The van der Waals surface area contributed by atoms with Crippen LogP contribution in [0.5, 0.6) is 5.75 Å². The quantitative estimate of drug-likeness (QED) is 0.193. The number of aromatic nitrogens is 2. The van der Waals surface area contributed by atoms with Crippen LogP contribution < -0.4 is 15.0 Å². The number of nitrogens with zero attached hydrogens (tertiary/aromatic N) is 4. The molecule has 3 atom stereocenters. The Morgan fingerprint density at radius 1 is 0.920 bits per heavy atom. The molecule has 2 aromatic heterocycles. The van der Waals surface area contributed by atoms with Crippen molar-refractivity contribution < 1.29 is 64.8 Å². The molecule has 1 aliphatic heterocycles. The Kier molecular flexibility index (Phi) is 15.8. The Morgan fingerprint density at radius 3 is 1.98 bits per heavy atom. The molecule has 1 fully saturated rings. The van der Waals surface area contributed by atoms with Crippen LogP contribution in [0.1, 0.15) is 25.0 Å². The van der Waals surface area contributed by atoms with Crippen molar-refractivity contribution in [1.82, 2.24) is 15.0 Å². The molecule has 2 N–H and O–H groups in total. The maximum Gasteiger partial charge on any atom is 0.418 e. The van der Waals surface area contributed by atoms with Gasteiger partial charge < -0.3 is 24.1 Å².